The maximum atomic E-state index is 13.2. The first-order valence-electron chi connectivity index (χ1n) is 7.63. The second kappa shape index (κ2) is 7.22. The topological polar surface area (TPSA) is 72.2 Å². The lowest BCUT2D eigenvalue weighted by Crippen LogP contribution is -2.14. The van der Waals surface area contributed by atoms with Crippen LogP contribution in [0, 0.1) is 5.82 Å². The van der Waals surface area contributed by atoms with E-state index < -0.39 is 5.82 Å². The van der Waals surface area contributed by atoms with Crippen LogP contribution < -0.4 is 5.32 Å². The van der Waals surface area contributed by atoms with Gasteiger partial charge in [0.15, 0.2) is 11.5 Å². The number of nitrogens with one attached hydrogen (secondary N) is 1. The van der Waals surface area contributed by atoms with Gasteiger partial charge in [0.2, 0.25) is 5.91 Å². The Hall–Kier alpha value is -2.78. The first-order chi connectivity index (χ1) is 12.7. The molecule has 4 rings (SSSR count). The van der Waals surface area contributed by atoms with Crippen molar-refractivity contribution < 1.29 is 9.18 Å². The average Bonchev–Trinajstić information content (AvgIpc) is 3.29. The highest BCUT2D eigenvalue weighted by molar-refractivity contribution is 7.99. The van der Waals surface area contributed by atoms with Gasteiger partial charge < -0.3 is 5.32 Å². The lowest BCUT2D eigenvalue weighted by atomic mass is 10.3. The van der Waals surface area contributed by atoms with E-state index in [0.717, 1.165) is 4.88 Å². The average molecular weight is 385 g/mol. The van der Waals surface area contributed by atoms with E-state index in [4.69, 9.17) is 0 Å². The van der Waals surface area contributed by atoms with Crippen molar-refractivity contribution in [2.45, 2.75) is 5.03 Å². The number of carbonyl (C=O) groups is 1. The van der Waals surface area contributed by atoms with E-state index in [1.807, 2.05) is 23.6 Å². The molecule has 1 aromatic carbocycles. The fourth-order valence-corrected chi connectivity index (χ4v) is 3.66. The van der Waals surface area contributed by atoms with Crippen LogP contribution in [0.25, 0.3) is 16.3 Å². The van der Waals surface area contributed by atoms with Crippen LogP contribution in [0.4, 0.5) is 10.1 Å². The van der Waals surface area contributed by atoms with Gasteiger partial charge in [-0.2, -0.15) is 9.61 Å². The Morgan fingerprint density at radius 3 is 2.92 bits per heavy atom. The molecule has 0 atom stereocenters. The maximum absolute atomic E-state index is 13.2. The number of hydrogen-bond donors (Lipinski definition) is 1. The molecule has 130 valence electrons. The molecule has 9 heteroatoms. The molecule has 0 radical (unpaired) electrons. The van der Waals surface area contributed by atoms with Crippen molar-refractivity contribution in [2.24, 2.45) is 0 Å². The van der Waals surface area contributed by atoms with Crippen molar-refractivity contribution in [3.8, 4) is 10.7 Å². The maximum Gasteiger partial charge on any atom is 0.234 e. The lowest BCUT2D eigenvalue weighted by molar-refractivity contribution is -0.113. The van der Waals surface area contributed by atoms with Crippen LogP contribution in [0.5, 0.6) is 0 Å². The third kappa shape index (κ3) is 3.58. The van der Waals surface area contributed by atoms with Crippen molar-refractivity contribution in [2.75, 3.05) is 11.1 Å². The molecule has 0 aliphatic rings. The second-order valence-electron chi connectivity index (χ2n) is 5.29. The van der Waals surface area contributed by atoms with E-state index in [0.29, 0.717) is 22.2 Å². The summed E-state index contributed by atoms with van der Waals surface area (Å²) in [5.41, 5.74) is 1.07. The van der Waals surface area contributed by atoms with Gasteiger partial charge >= 0.3 is 0 Å². The molecule has 3 heterocycles. The van der Waals surface area contributed by atoms with E-state index in [2.05, 4.69) is 20.6 Å². The molecule has 0 saturated carbocycles. The summed E-state index contributed by atoms with van der Waals surface area (Å²) in [6, 6.07) is 13.3. The molecule has 4 aromatic rings. The summed E-state index contributed by atoms with van der Waals surface area (Å²) in [5.74, 6) is 0.202. The summed E-state index contributed by atoms with van der Waals surface area (Å²) in [7, 11) is 0. The number of amides is 1. The predicted molar refractivity (Wildman–Crippen MR) is 99.8 cm³/mol. The highest BCUT2D eigenvalue weighted by Crippen LogP contribution is 2.24. The Morgan fingerprint density at radius 1 is 1.19 bits per heavy atom. The van der Waals surface area contributed by atoms with Gasteiger partial charge in [0.1, 0.15) is 10.8 Å². The summed E-state index contributed by atoms with van der Waals surface area (Å²) in [6.45, 7) is 0. The van der Waals surface area contributed by atoms with Gasteiger partial charge in [0.25, 0.3) is 0 Å². The summed E-state index contributed by atoms with van der Waals surface area (Å²) in [6.07, 6.45) is 0. The summed E-state index contributed by atoms with van der Waals surface area (Å²) in [5, 5.41) is 18.1. The summed E-state index contributed by atoms with van der Waals surface area (Å²) < 4.78 is 14.8. The molecule has 0 fully saturated rings. The van der Waals surface area contributed by atoms with Crippen LogP contribution in [0.1, 0.15) is 0 Å². The van der Waals surface area contributed by atoms with Gasteiger partial charge in [-0.3, -0.25) is 4.79 Å². The Bertz CT molecular complexity index is 1060. The van der Waals surface area contributed by atoms with E-state index in [1.165, 1.54) is 23.9 Å². The number of carbonyl (C=O) groups excluding carboxylic acids is 1. The largest absolute Gasteiger partial charge is 0.325 e. The number of benzene rings is 1. The number of hydrogen-bond acceptors (Lipinski definition) is 6. The smallest absolute Gasteiger partial charge is 0.234 e. The van der Waals surface area contributed by atoms with Crippen LogP contribution in [0.15, 0.2) is 58.9 Å². The third-order valence-corrected chi connectivity index (χ3v) is 5.23. The van der Waals surface area contributed by atoms with Crippen molar-refractivity contribution in [3.05, 3.63) is 59.7 Å². The molecule has 0 spiro atoms. The second-order valence-corrected chi connectivity index (χ2v) is 7.23. The van der Waals surface area contributed by atoms with Crippen LogP contribution in [-0.4, -0.2) is 31.5 Å². The van der Waals surface area contributed by atoms with Crippen molar-refractivity contribution in [1.29, 1.82) is 0 Å². The zero-order valence-corrected chi connectivity index (χ0v) is 14.9. The van der Waals surface area contributed by atoms with Gasteiger partial charge in [-0.15, -0.1) is 21.5 Å². The number of anilines is 1. The molecule has 0 unspecified atom stereocenters. The van der Waals surface area contributed by atoms with E-state index >= 15 is 0 Å². The number of thiophene rings is 1. The summed E-state index contributed by atoms with van der Waals surface area (Å²) >= 11 is 2.84. The van der Waals surface area contributed by atoms with E-state index in [-0.39, 0.29) is 11.7 Å². The minimum Gasteiger partial charge on any atom is -0.325 e. The van der Waals surface area contributed by atoms with Gasteiger partial charge in [-0.1, -0.05) is 23.9 Å². The Morgan fingerprint density at radius 2 is 2.12 bits per heavy atom. The van der Waals surface area contributed by atoms with Crippen LogP contribution in [-0.2, 0) is 4.79 Å². The standard InChI is InChI=1S/C17H12FN5OS2/c18-11-3-1-4-12(9-11)19-15(24)10-26-16-7-6-14-20-21-17(23(14)22-16)13-5-2-8-25-13/h1-9H,10H2,(H,19,24). The molecule has 1 amide bonds. The van der Waals surface area contributed by atoms with Crippen LogP contribution >= 0.6 is 23.1 Å². The van der Waals surface area contributed by atoms with Gasteiger partial charge in [0, 0.05) is 5.69 Å². The molecule has 3 aromatic heterocycles. The minimum atomic E-state index is -0.392. The van der Waals surface area contributed by atoms with Gasteiger partial charge in [-0.25, -0.2) is 4.39 Å². The monoisotopic (exact) mass is 385 g/mol. The SMILES string of the molecule is O=C(CSc1ccc2nnc(-c3cccs3)n2n1)Nc1cccc(F)c1. The molecule has 0 aliphatic heterocycles. The highest BCUT2D eigenvalue weighted by atomic mass is 32.2. The molecular formula is C17H12FN5OS2. The number of rotatable bonds is 5. The molecule has 0 bridgehead atoms. The van der Waals surface area contributed by atoms with Gasteiger partial charge in [-0.05, 0) is 41.8 Å². The molecule has 1 N–H and O–H groups in total. The van der Waals surface area contributed by atoms with Crippen LogP contribution in [0.3, 0.4) is 0 Å². The Balaban J connectivity index is 1.47. The van der Waals surface area contributed by atoms with Crippen molar-refractivity contribution >= 4 is 40.3 Å². The zero-order chi connectivity index (χ0) is 17.9. The quantitative estimate of drug-likeness (QED) is 0.530. The first kappa shape index (κ1) is 16.7. The number of aromatic nitrogens is 4. The van der Waals surface area contributed by atoms with Crippen molar-refractivity contribution in [3.63, 3.8) is 0 Å². The first-order valence-corrected chi connectivity index (χ1v) is 9.50. The number of nitrogens with zero attached hydrogens (tertiary/aromatic N) is 4. The van der Waals surface area contributed by atoms with Crippen LogP contribution in [0.2, 0.25) is 0 Å². The fourth-order valence-electron chi connectivity index (χ4n) is 2.31. The molecule has 0 aliphatic carbocycles. The molecular weight excluding hydrogens is 373 g/mol. The Kier molecular flexibility index (Phi) is 4.63. The van der Waals surface area contributed by atoms with Crippen molar-refractivity contribution in [1.82, 2.24) is 19.8 Å². The van der Waals surface area contributed by atoms with Gasteiger partial charge in [0.05, 0.1) is 10.6 Å². The van der Waals surface area contributed by atoms with E-state index in [9.17, 15) is 9.18 Å². The van der Waals surface area contributed by atoms with E-state index in [1.54, 1.807) is 34.1 Å². The normalized spacial score (nSPS) is 11.0. The molecule has 26 heavy (non-hydrogen) atoms. The molecule has 0 saturated heterocycles. The Labute approximate surface area is 156 Å². The zero-order valence-electron chi connectivity index (χ0n) is 13.3. The predicted octanol–water partition coefficient (Wildman–Crippen LogP) is 3.72. The number of halogens is 1. The lowest BCUT2D eigenvalue weighted by Gasteiger charge is -2.05. The highest BCUT2D eigenvalue weighted by Gasteiger charge is 2.12. The molecule has 6 nitrogen and oxygen atoms in total. The fraction of sp³-hybridized carbons (Fsp3) is 0.0588. The third-order valence-electron chi connectivity index (χ3n) is 3.44. The number of thioether (sulfide) groups is 1. The summed E-state index contributed by atoms with van der Waals surface area (Å²) in [4.78, 5) is 13.0. The number of fused-ring (bicyclic) bond motifs is 1. The minimum absolute atomic E-state index is 0.158.